The van der Waals surface area contributed by atoms with Gasteiger partial charge in [0.2, 0.25) is 31.2 Å². The second-order valence-corrected chi connectivity index (χ2v) is 33.2. The van der Waals surface area contributed by atoms with Crippen LogP contribution in [0.25, 0.3) is 0 Å². The van der Waals surface area contributed by atoms with Gasteiger partial charge in [-0.1, -0.05) is 79.0 Å². The molecule has 4 amide bonds. The highest BCUT2D eigenvalue weighted by atomic mass is 79.9. The molecule has 0 unspecified atom stereocenters. The molecule has 0 bridgehead atoms. The number of anilines is 2. The minimum Gasteiger partial charge on any atom is -0.480 e. The van der Waals surface area contributed by atoms with Crippen LogP contribution in [0.1, 0.15) is 136 Å². The molecule has 0 aromatic heterocycles. The molecule has 0 fully saturated rings. The zero-order chi connectivity index (χ0) is 106. The van der Waals surface area contributed by atoms with Crippen molar-refractivity contribution in [1.29, 1.82) is 0 Å². The Labute approximate surface area is 818 Å². The molecule has 0 atom stereocenters. The number of carboxylic acids is 2. The Bertz CT molecular complexity index is 4690. The molecule has 0 aliphatic heterocycles. The average molecular weight is 2120 g/mol. The van der Waals surface area contributed by atoms with Crippen molar-refractivity contribution >= 4 is 183 Å². The van der Waals surface area contributed by atoms with Crippen LogP contribution in [0.2, 0.25) is 0 Å². The first-order valence-corrected chi connectivity index (χ1v) is 46.9. The molecule has 0 spiro atoms. The Balaban J connectivity index is -0.000000793. The molecule has 4 aromatic rings. The first kappa shape index (κ1) is 131. The predicted molar refractivity (Wildman–Crippen MR) is 500 cm³/mol. The van der Waals surface area contributed by atoms with Crippen molar-refractivity contribution in [3.63, 3.8) is 0 Å². The number of amides is 4. The number of unbranched alkanes of at least 4 members (excludes halogenated alkanes) is 2. The molecule has 0 saturated carbocycles. The average Bonchev–Trinajstić information content (AvgIpc) is 0.789. The molecule has 0 heterocycles. The van der Waals surface area contributed by atoms with Gasteiger partial charge >= 0.3 is 83.8 Å². The molecule has 4 aromatic carbocycles. The van der Waals surface area contributed by atoms with E-state index in [1.165, 1.54) is 40.3 Å². The third kappa shape index (κ3) is 67.8. The number of sulfonamides is 2. The van der Waals surface area contributed by atoms with Gasteiger partial charge in [0.25, 0.3) is 5.91 Å². The van der Waals surface area contributed by atoms with Gasteiger partial charge in [-0.15, -0.1) is 23.2 Å². The number of halogens is 4. The molecule has 772 valence electrons. The number of hydrogen-bond donors (Lipinski definition) is 7. The number of hydrogen-bond acceptors (Lipinski definition) is 38. The van der Waals surface area contributed by atoms with Gasteiger partial charge in [-0.2, -0.15) is 0 Å². The Morgan fingerprint density at radius 2 is 0.745 bits per heavy atom. The fourth-order valence-corrected chi connectivity index (χ4v) is 10.2. The first-order chi connectivity index (χ1) is 63.9. The largest absolute Gasteiger partial charge is 0.480 e. The zero-order valence-electron chi connectivity index (χ0n) is 79.5. The van der Waals surface area contributed by atoms with Gasteiger partial charge in [-0.05, 0) is 156 Å². The summed E-state index contributed by atoms with van der Waals surface area (Å²) in [5, 5.41) is 36.8. The van der Waals surface area contributed by atoms with Crippen molar-refractivity contribution in [2.45, 2.75) is 137 Å². The maximum atomic E-state index is 12.8. The number of nitrogens with one attached hydrogen (secondary N) is 3. The summed E-state index contributed by atoms with van der Waals surface area (Å²) in [5.74, 6) is -9.59. The van der Waals surface area contributed by atoms with Crippen LogP contribution in [0.3, 0.4) is 0 Å². The summed E-state index contributed by atoms with van der Waals surface area (Å²) in [5.41, 5.74) is -1.18. The number of carboxylic acid groups (broad SMARTS) is 2. The molecule has 0 radical (unpaired) electrons. The number of carbonyl (C=O) groups is 17. The van der Waals surface area contributed by atoms with Crippen LogP contribution in [0.5, 0.6) is 23.0 Å². The zero-order valence-corrected chi connectivity index (χ0v) is 85.0. The van der Waals surface area contributed by atoms with Crippen LogP contribution in [-0.2, 0) is 139 Å². The van der Waals surface area contributed by atoms with E-state index in [9.17, 15) is 103 Å². The van der Waals surface area contributed by atoms with Gasteiger partial charge in [0.05, 0.1) is 68.0 Å². The summed E-state index contributed by atoms with van der Waals surface area (Å²) in [6.07, 6.45) is 2.07. The highest BCUT2D eigenvalue weighted by Gasteiger charge is 2.29. The number of esters is 10. The monoisotopic (exact) mass is 2110 g/mol. The van der Waals surface area contributed by atoms with Gasteiger partial charge in [0.1, 0.15) is 69.9 Å². The van der Waals surface area contributed by atoms with E-state index < -0.39 is 164 Å². The van der Waals surface area contributed by atoms with Crippen molar-refractivity contribution in [3.05, 3.63) is 96.1 Å². The second-order valence-electron chi connectivity index (χ2n) is 28.6. The number of primary sulfonamides is 2. The van der Waals surface area contributed by atoms with E-state index in [2.05, 4.69) is 69.8 Å². The van der Waals surface area contributed by atoms with Crippen LogP contribution in [-0.4, -0.2) is 323 Å². The maximum Gasteiger partial charge on any atom is 0.410 e. The minimum absolute atomic E-state index is 0.0187. The number of rotatable bonds is 44. The smallest absolute Gasteiger partial charge is 0.410 e. The van der Waals surface area contributed by atoms with Crippen molar-refractivity contribution < 1.29 is 175 Å². The Morgan fingerprint density at radius 1 is 0.423 bits per heavy atom. The van der Waals surface area contributed by atoms with E-state index in [1.54, 1.807) is 144 Å². The number of nitrogens with two attached hydrogens (primary N) is 2. The minimum atomic E-state index is -4.37. The third-order valence-corrected chi connectivity index (χ3v) is 17.5. The van der Waals surface area contributed by atoms with E-state index in [0.717, 1.165) is 57.4 Å². The summed E-state index contributed by atoms with van der Waals surface area (Å²) >= 11 is 17.8. The lowest BCUT2D eigenvalue weighted by atomic mass is 10.1. The highest BCUT2D eigenvalue weighted by Crippen LogP contribution is 2.39. The number of carbonyl (C=O) groups excluding carboxylic acids is 15. The number of aromatic carboxylic acids is 1. The topological polar surface area (TPSA) is 629 Å². The quantitative estimate of drug-likeness (QED) is 0.00724. The Kier molecular flexibility index (Phi) is 70.2. The molecule has 0 saturated heterocycles. The van der Waals surface area contributed by atoms with E-state index in [4.69, 9.17) is 78.6 Å². The third-order valence-electron chi connectivity index (χ3n) is 14.5. The van der Waals surface area contributed by atoms with Crippen molar-refractivity contribution in [3.8, 4) is 23.0 Å². The fraction of sp³-hybridized carbons (Fsp3) is 0.518. The molecule has 52 heteroatoms. The van der Waals surface area contributed by atoms with Gasteiger partial charge < -0.3 is 112 Å². The van der Waals surface area contributed by atoms with Crippen molar-refractivity contribution in [2.75, 3.05) is 175 Å². The van der Waals surface area contributed by atoms with Crippen molar-refractivity contribution in [2.24, 2.45) is 10.3 Å². The molecule has 0 aliphatic carbocycles. The summed E-state index contributed by atoms with van der Waals surface area (Å²) in [6, 6.07) is 21.7. The summed E-state index contributed by atoms with van der Waals surface area (Å²) in [7, 11) is -1.48. The molecule has 137 heavy (non-hydrogen) atoms. The fourth-order valence-electron chi connectivity index (χ4n) is 8.45. The summed E-state index contributed by atoms with van der Waals surface area (Å²) in [6.45, 7) is 21.1. The SMILES string of the molecule is CCCCNc1cc(C(=O)O)cc(S(N)(=O)=O)c1Oc1ccccc1.CCCCNc1cc(C(=O)OCC(=O)N(C)CC(=O)OCC(=O)OCC)cc(S(N)(=O)=O)c1Oc1ccccc1.CCOC(=O)CBr.CCOC(=O)COC(=O)CN(C)C(=O)CCl.CCOC(=O)COC(=O)CN(C)C(=O)OC(C)(C)C.CCOC(=O)COC(=O)CNC.CN(CC(=O)O)C(=O)OC(C)(C)C.O=C(Cl)CCl. The number of alkyl halides is 3. The lowest BCUT2D eigenvalue weighted by Gasteiger charge is -2.24. The highest BCUT2D eigenvalue weighted by molar-refractivity contribution is 9.09. The lowest BCUT2D eigenvalue weighted by Crippen LogP contribution is -2.38. The molecular formula is C85H125BrCl3N9O37S2. The van der Waals surface area contributed by atoms with E-state index >= 15 is 0 Å². The van der Waals surface area contributed by atoms with E-state index in [0.29, 0.717) is 43.1 Å². The molecular weight excluding hydrogens is 1990 g/mol. The van der Waals surface area contributed by atoms with E-state index in [-0.39, 0.29) is 109 Å². The number of benzene rings is 4. The normalized spacial score (nSPS) is 10.3. The van der Waals surface area contributed by atoms with Gasteiger partial charge in [-0.25, -0.2) is 65.5 Å². The number of likely N-dealkylation sites (N-methyl/N-ethyl adjacent to an activating group) is 5. The Morgan fingerprint density at radius 3 is 1.04 bits per heavy atom. The first-order valence-electron chi connectivity index (χ1n) is 41.2. The van der Waals surface area contributed by atoms with Gasteiger partial charge in [-0.3, -0.25) is 43.2 Å². The Hall–Kier alpha value is -12.0. The number of para-hydroxylation sites is 2. The molecule has 46 nitrogen and oxygen atoms in total. The number of ether oxygens (including phenoxy) is 14. The number of nitrogens with zero attached hydrogens (tertiary/aromatic N) is 4. The van der Waals surface area contributed by atoms with Crippen LogP contribution in [0.4, 0.5) is 21.0 Å². The lowest BCUT2D eigenvalue weighted by molar-refractivity contribution is -0.160. The van der Waals surface area contributed by atoms with E-state index in [1.807, 2.05) is 13.8 Å². The second kappa shape index (κ2) is 73.3. The molecule has 9 N–H and O–H groups in total. The predicted octanol–water partition coefficient (Wildman–Crippen LogP) is 8.03. The number of aliphatic carboxylic acids is 1. The van der Waals surface area contributed by atoms with Crippen LogP contribution in [0, 0.1) is 0 Å². The molecule has 0 aliphatic rings. The van der Waals surface area contributed by atoms with Crippen molar-refractivity contribution in [1.82, 2.24) is 24.9 Å². The van der Waals surface area contributed by atoms with Crippen LogP contribution in [0.15, 0.2) is 94.7 Å². The molecule has 4 rings (SSSR count). The standard InChI is InChI=1S/C26H33N3O10S.C17H20N2O5S.C12H21NO6.C9H14ClNO5.C8H15NO4.C7H13NO4.C4H7BrO2.C2H2Cl2O/c1-4-6-12-28-20-13-18(14-21(40(27,34)35)25(20)39-19-10-8-7-9-11-19)26(33)38-16-22(30)29(3)15-23(31)37-17-24(32)36-5-2;1-2-3-9-19-14-10-12(17(20)21)11-15(25(18,22)23)16(14)24-13-7-5-4-6-8-13;1-6-17-10(15)8-18-9(14)7-13(5)11(16)19-12(2,3)4;1-3-15-9(14)6-16-8(13)5-11(2)7(12)4-10;1-8(2,3)13-7(12)9(4)5-6(10)11;1-3-11-7(10)5-12-6(9)4-8-2;1-2-7-4(6)3-5;3-1-2(4)5/h7-11,13-14,28H,4-6,12,15-17H2,1-3H3,(H2,27,34,35);4-8,10-11,19H,2-3,9H2,1H3,(H,20,21)(H2,18,22,23);6-8H2,1-5H3;3-6H2,1-2H3;5H2,1-4H3,(H,10,11);8H,3-5H2,1-2H3;2-3H2,1H3;1H2. The van der Waals surface area contributed by atoms with Crippen LogP contribution >= 0.6 is 50.7 Å². The summed E-state index contributed by atoms with van der Waals surface area (Å²) < 4.78 is 117. The maximum absolute atomic E-state index is 12.8. The van der Waals surface area contributed by atoms with Gasteiger partial charge in [0, 0.05) is 41.3 Å². The summed E-state index contributed by atoms with van der Waals surface area (Å²) in [4.78, 5) is 192. The van der Waals surface area contributed by atoms with Gasteiger partial charge in [0.15, 0.2) is 44.5 Å². The van der Waals surface area contributed by atoms with Crippen LogP contribution < -0.4 is 35.7 Å².